The number of ketones is 1. The molecule has 7 heteroatoms. The van der Waals surface area contributed by atoms with Gasteiger partial charge in [-0.25, -0.2) is 17.9 Å². The molecular formula is C21H25NO5S. The third-order valence-electron chi connectivity index (χ3n) is 4.31. The number of rotatable bonds is 9. The van der Waals surface area contributed by atoms with E-state index in [0.717, 1.165) is 17.5 Å². The first-order valence-corrected chi connectivity index (χ1v) is 10.7. The fourth-order valence-electron chi connectivity index (χ4n) is 2.77. The summed E-state index contributed by atoms with van der Waals surface area (Å²) >= 11 is 0. The van der Waals surface area contributed by atoms with Gasteiger partial charge < -0.3 is 4.74 Å². The molecule has 2 aromatic rings. The van der Waals surface area contributed by atoms with Gasteiger partial charge in [-0.15, -0.1) is 0 Å². The molecule has 0 aliphatic carbocycles. The van der Waals surface area contributed by atoms with Gasteiger partial charge in [0.1, 0.15) is 0 Å². The van der Waals surface area contributed by atoms with Gasteiger partial charge in [-0.2, -0.15) is 0 Å². The van der Waals surface area contributed by atoms with E-state index >= 15 is 0 Å². The third-order valence-corrected chi connectivity index (χ3v) is 5.86. The van der Waals surface area contributed by atoms with Gasteiger partial charge >= 0.3 is 5.97 Å². The van der Waals surface area contributed by atoms with Gasteiger partial charge in [-0.1, -0.05) is 39.0 Å². The van der Waals surface area contributed by atoms with Crippen molar-refractivity contribution in [3.05, 3.63) is 64.7 Å². The molecule has 0 heterocycles. The number of ether oxygens (including phenoxy) is 1. The molecule has 0 atom stereocenters. The minimum Gasteiger partial charge on any atom is -0.454 e. The van der Waals surface area contributed by atoms with Gasteiger partial charge in [0.25, 0.3) is 0 Å². The van der Waals surface area contributed by atoms with Crippen molar-refractivity contribution in [1.29, 1.82) is 0 Å². The number of esters is 1. The second-order valence-corrected chi connectivity index (χ2v) is 7.99. The van der Waals surface area contributed by atoms with Crippen molar-refractivity contribution in [2.45, 2.75) is 38.5 Å². The zero-order valence-electron chi connectivity index (χ0n) is 16.3. The van der Waals surface area contributed by atoms with Gasteiger partial charge in [0.15, 0.2) is 6.61 Å². The summed E-state index contributed by atoms with van der Waals surface area (Å²) in [5, 5.41) is 0. The predicted octanol–water partition coefficient (Wildman–Crippen LogP) is 3.15. The SMILES string of the molecule is CCNS(=O)(=O)c1cccc(C(=O)OCC(=O)c2cc(CC)ccc2CC)c1. The van der Waals surface area contributed by atoms with E-state index in [2.05, 4.69) is 4.72 Å². The number of carbonyl (C=O) groups is 2. The maximum Gasteiger partial charge on any atom is 0.338 e. The Morgan fingerprint density at radius 2 is 1.75 bits per heavy atom. The summed E-state index contributed by atoms with van der Waals surface area (Å²) < 4.78 is 31.7. The molecule has 0 bridgehead atoms. The molecule has 0 spiro atoms. The molecule has 0 fully saturated rings. The van der Waals surface area contributed by atoms with E-state index in [1.54, 1.807) is 6.92 Å². The summed E-state index contributed by atoms with van der Waals surface area (Å²) in [6.45, 7) is 5.47. The van der Waals surface area contributed by atoms with Crippen molar-refractivity contribution in [2.75, 3.05) is 13.2 Å². The van der Waals surface area contributed by atoms with Gasteiger partial charge in [-0.3, -0.25) is 4.79 Å². The highest BCUT2D eigenvalue weighted by atomic mass is 32.2. The van der Waals surface area contributed by atoms with E-state index in [1.807, 2.05) is 32.0 Å². The Balaban J connectivity index is 2.14. The van der Waals surface area contributed by atoms with E-state index in [9.17, 15) is 18.0 Å². The minimum atomic E-state index is -3.68. The summed E-state index contributed by atoms with van der Waals surface area (Å²) in [6, 6.07) is 11.3. The average molecular weight is 404 g/mol. The normalized spacial score (nSPS) is 11.2. The molecule has 6 nitrogen and oxygen atoms in total. The summed E-state index contributed by atoms with van der Waals surface area (Å²) in [4.78, 5) is 24.8. The van der Waals surface area contributed by atoms with Crippen molar-refractivity contribution < 1.29 is 22.7 Å². The molecule has 0 radical (unpaired) electrons. The smallest absolute Gasteiger partial charge is 0.338 e. The predicted molar refractivity (Wildman–Crippen MR) is 107 cm³/mol. The number of benzene rings is 2. The number of hydrogen-bond acceptors (Lipinski definition) is 5. The molecule has 1 N–H and O–H groups in total. The number of nitrogens with one attached hydrogen (secondary N) is 1. The van der Waals surface area contributed by atoms with Crippen LogP contribution in [0.25, 0.3) is 0 Å². The lowest BCUT2D eigenvalue weighted by atomic mass is 9.98. The first kappa shape index (κ1) is 21.8. The summed E-state index contributed by atoms with van der Waals surface area (Å²) in [5.41, 5.74) is 2.56. The molecule has 2 aromatic carbocycles. The Morgan fingerprint density at radius 1 is 1.00 bits per heavy atom. The zero-order chi connectivity index (χ0) is 20.7. The van der Waals surface area contributed by atoms with Crippen LogP contribution >= 0.6 is 0 Å². The monoisotopic (exact) mass is 403 g/mol. The van der Waals surface area contributed by atoms with Crippen LogP contribution in [0, 0.1) is 0 Å². The Bertz CT molecular complexity index is 967. The van der Waals surface area contributed by atoms with Crippen LogP contribution in [0.5, 0.6) is 0 Å². The van der Waals surface area contributed by atoms with Crippen molar-refractivity contribution >= 4 is 21.8 Å². The molecule has 0 aromatic heterocycles. The van der Waals surface area contributed by atoms with Crippen LogP contribution in [-0.2, 0) is 27.6 Å². The van der Waals surface area contributed by atoms with Gasteiger partial charge in [0.05, 0.1) is 10.5 Å². The van der Waals surface area contributed by atoms with Crippen LogP contribution in [0.15, 0.2) is 47.4 Å². The molecule has 150 valence electrons. The Hall–Kier alpha value is -2.51. The number of Topliss-reactive ketones (excluding diaryl/α,β-unsaturated/α-hetero) is 1. The lowest BCUT2D eigenvalue weighted by molar-refractivity contribution is 0.0474. The van der Waals surface area contributed by atoms with Crippen LogP contribution in [0.2, 0.25) is 0 Å². The van der Waals surface area contributed by atoms with Crippen LogP contribution in [0.3, 0.4) is 0 Å². The molecular weight excluding hydrogens is 378 g/mol. The number of sulfonamides is 1. The fourth-order valence-corrected chi connectivity index (χ4v) is 3.85. The molecule has 0 aliphatic rings. The van der Waals surface area contributed by atoms with Crippen LogP contribution in [0.1, 0.15) is 52.6 Å². The van der Waals surface area contributed by atoms with E-state index in [4.69, 9.17) is 4.74 Å². The fraction of sp³-hybridized carbons (Fsp3) is 0.333. The summed E-state index contributed by atoms with van der Waals surface area (Å²) in [5.74, 6) is -1.02. The average Bonchev–Trinajstić information content (AvgIpc) is 2.71. The van der Waals surface area contributed by atoms with Crippen LogP contribution < -0.4 is 4.72 Å². The van der Waals surface area contributed by atoms with E-state index < -0.39 is 22.6 Å². The zero-order valence-corrected chi connectivity index (χ0v) is 17.1. The van der Waals surface area contributed by atoms with E-state index in [1.165, 1.54) is 24.3 Å². The van der Waals surface area contributed by atoms with Gasteiger partial charge in [0, 0.05) is 12.1 Å². The highest BCUT2D eigenvalue weighted by Gasteiger charge is 2.18. The minimum absolute atomic E-state index is 0.0287. The maximum atomic E-state index is 12.6. The standard InChI is InChI=1S/C21H25NO5S/c1-4-15-10-11-16(5-2)19(12-15)20(23)14-27-21(24)17-8-7-9-18(13-17)28(25,26)22-6-3/h7-13,22H,4-6,14H2,1-3H3. The van der Waals surface area contributed by atoms with Crippen molar-refractivity contribution in [1.82, 2.24) is 4.72 Å². The molecule has 0 amide bonds. The van der Waals surface area contributed by atoms with Gasteiger partial charge in [0.2, 0.25) is 15.8 Å². The largest absolute Gasteiger partial charge is 0.454 e. The van der Waals surface area contributed by atoms with Crippen molar-refractivity contribution in [2.24, 2.45) is 0 Å². The molecule has 0 saturated carbocycles. The molecule has 0 saturated heterocycles. The number of carbonyl (C=O) groups excluding carboxylic acids is 2. The Kier molecular flexibility index (Phi) is 7.48. The van der Waals surface area contributed by atoms with Crippen molar-refractivity contribution in [3.63, 3.8) is 0 Å². The number of hydrogen-bond donors (Lipinski definition) is 1. The van der Waals surface area contributed by atoms with Crippen LogP contribution in [0.4, 0.5) is 0 Å². The summed E-state index contributed by atoms with van der Waals surface area (Å²) in [6.07, 6.45) is 1.50. The Labute approximate surface area is 166 Å². The third kappa shape index (κ3) is 5.27. The first-order chi connectivity index (χ1) is 13.3. The summed E-state index contributed by atoms with van der Waals surface area (Å²) in [7, 11) is -3.68. The second kappa shape index (κ2) is 9.61. The quantitative estimate of drug-likeness (QED) is 0.513. The van der Waals surface area contributed by atoms with Gasteiger partial charge in [-0.05, 0) is 48.2 Å². The molecule has 28 heavy (non-hydrogen) atoms. The molecule has 0 aliphatic heterocycles. The molecule has 2 rings (SSSR count). The maximum absolute atomic E-state index is 12.6. The number of aryl methyl sites for hydroxylation is 2. The van der Waals surface area contributed by atoms with Crippen LogP contribution in [-0.4, -0.2) is 33.3 Å². The van der Waals surface area contributed by atoms with E-state index in [0.29, 0.717) is 12.0 Å². The molecule has 0 unspecified atom stereocenters. The topological polar surface area (TPSA) is 89.5 Å². The second-order valence-electron chi connectivity index (χ2n) is 6.23. The lowest BCUT2D eigenvalue weighted by Gasteiger charge is -2.10. The highest BCUT2D eigenvalue weighted by molar-refractivity contribution is 7.89. The lowest BCUT2D eigenvalue weighted by Crippen LogP contribution is -2.23. The van der Waals surface area contributed by atoms with E-state index in [-0.39, 0.29) is 22.8 Å². The highest BCUT2D eigenvalue weighted by Crippen LogP contribution is 2.16. The first-order valence-electron chi connectivity index (χ1n) is 9.24. The Morgan fingerprint density at radius 3 is 2.39 bits per heavy atom. The van der Waals surface area contributed by atoms with Crippen molar-refractivity contribution in [3.8, 4) is 0 Å².